The van der Waals surface area contributed by atoms with E-state index in [4.69, 9.17) is 23.2 Å². The van der Waals surface area contributed by atoms with Crippen molar-refractivity contribution in [2.75, 3.05) is 9.80 Å². The third-order valence-corrected chi connectivity index (χ3v) is 11.1. The zero-order valence-corrected chi connectivity index (χ0v) is 25.6. The van der Waals surface area contributed by atoms with Crippen molar-refractivity contribution in [3.8, 4) is 0 Å². The average molecular weight is 628 g/mol. The molecule has 1 aliphatic heterocycles. The molecule has 0 fully saturated rings. The van der Waals surface area contributed by atoms with E-state index >= 15 is 0 Å². The zero-order chi connectivity index (χ0) is 29.0. The number of carbonyl (C=O) groups excluding carboxylic acids is 2. The fourth-order valence-corrected chi connectivity index (χ4v) is 8.78. The lowest BCUT2D eigenvalue weighted by atomic mass is 9.89. The summed E-state index contributed by atoms with van der Waals surface area (Å²) in [5.74, 6) is -0.295. The third-order valence-electron chi connectivity index (χ3n) is 7.80. The van der Waals surface area contributed by atoms with Gasteiger partial charge in [-0.1, -0.05) is 96.0 Å². The third kappa shape index (κ3) is 4.41. The minimum absolute atomic E-state index is 0.135. The number of benzene rings is 4. The van der Waals surface area contributed by atoms with Gasteiger partial charge in [-0.05, 0) is 49.2 Å². The Kier molecular flexibility index (Phi) is 7.03. The van der Waals surface area contributed by atoms with E-state index in [1.165, 1.54) is 22.7 Å². The summed E-state index contributed by atoms with van der Waals surface area (Å²) in [5, 5.41) is 2.70. The van der Waals surface area contributed by atoms with Crippen molar-refractivity contribution < 1.29 is 9.59 Å². The van der Waals surface area contributed by atoms with Crippen LogP contribution in [-0.4, -0.2) is 17.9 Å². The second-order valence-electron chi connectivity index (χ2n) is 10.3. The Labute approximate surface area is 261 Å². The van der Waals surface area contributed by atoms with E-state index in [1.807, 2.05) is 120 Å². The van der Waals surface area contributed by atoms with Crippen LogP contribution in [0.25, 0.3) is 20.2 Å². The number of halogens is 2. The maximum absolute atomic E-state index is 14.5. The van der Waals surface area contributed by atoms with E-state index in [-0.39, 0.29) is 23.9 Å². The minimum Gasteiger partial charge on any atom is -0.304 e. The van der Waals surface area contributed by atoms with Crippen LogP contribution in [0.15, 0.2) is 103 Å². The number of amides is 2. The summed E-state index contributed by atoms with van der Waals surface area (Å²) in [6.07, 6.45) is 0.536. The van der Waals surface area contributed by atoms with Crippen LogP contribution in [0.3, 0.4) is 0 Å². The highest BCUT2D eigenvalue weighted by molar-refractivity contribution is 7.22. The Bertz CT molecular complexity index is 1980. The smallest absolute Gasteiger partial charge is 0.270 e. The maximum Gasteiger partial charge on any atom is 0.270 e. The van der Waals surface area contributed by atoms with Crippen molar-refractivity contribution >= 4 is 89.2 Å². The Morgan fingerprint density at radius 1 is 0.738 bits per heavy atom. The molecule has 0 radical (unpaired) electrons. The molecule has 2 unspecified atom stereocenters. The number of thiophene rings is 2. The molecule has 2 aromatic heterocycles. The van der Waals surface area contributed by atoms with E-state index in [0.29, 0.717) is 26.2 Å². The van der Waals surface area contributed by atoms with Crippen LogP contribution < -0.4 is 9.80 Å². The number of anilines is 2. The highest BCUT2D eigenvalue weighted by Gasteiger charge is 2.40. The standard InChI is InChI=1S/C34H24Cl2N2O2S2/c1-20-19-26(38(21-11-3-2-4-12-21)34(40)32-30(36)24-15-7-10-18-28(24)42-32)22-13-5-8-16-25(22)37(20)33(39)31-29(35)23-14-6-9-17-27(23)41-31/h2-18,20,26H,19H2,1H3. The average Bonchev–Trinajstić information content (AvgIpc) is 3.54. The number of fused-ring (bicyclic) bond motifs is 3. The van der Waals surface area contributed by atoms with Crippen LogP contribution >= 0.6 is 45.9 Å². The van der Waals surface area contributed by atoms with Gasteiger partial charge >= 0.3 is 0 Å². The topological polar surface area (TPSA) is 40.6 Å². The molecule has 4 nitrogen and oxygen atoms in total. The fourth-order valence-electron chi connectivity index (χ4n) is 5.88. The molecule has 0 aliphatic carbocycles. The quantitative estimate of drug-likeness (QED) is 0.195. The van der Waals surface area contributed by atoms with Crippen LogP contribution in [0.4, 0.5) is 11.4 Å². The number of carbonyl (C=O) groups is 2. The summed E-state index contributed by atoms with van der Waals surface area (Å²) in [7, 11) is 0. The molecule has 0 saturated heterocycles. The lowest BCUT2D eigenvalue weighted by Crippen LogP contribution is -2.47. The highest BCUT2D eigenvalue weighted by atomic mass is 35.5. The number of nitrogens with zero attached hydrogens (tertiary/aromatic N) is 2. The first kappa shape index (κ1) is 27.2. The van der Waals surface area contributed by atoms with Crippen LogP contribution in [0, 0.1) is 0 Å². The normalized spacial score (nSPS) is 16.5. The number of hydrogen-bond donors (Lipinski definition) is 0. The van der Waals surface area contributed by atoms with E-state index in [2.05, 4.69) is 0 Å². The first-order valence-electron chi connectivity index (χ1n) is 13.6. The van der Waals surface area contributed by atoms with Crippen molar-refractivity contribution in [2.45, 2.75) is 25.4 Å². The molecule has 208 valence electrons. The van der Waals surface area contributed by atoms with Gasteiger partial charge in [-0.3, -0.25) is 14.5 Å². The maximum atomic E-state index is 14.5. The summed E-state index contributed by atoms with van der Waals surface area (Å²) in [6.45, 7) is 2.03. The summed E-state index contributed by atoms with van der Waals surface area (Å²) in [5.41, 5.74) is 2.45. The molecule has 8 heteroatoms. The molecule has 0 N–H and O–H groups in total. The SMILES string of the molecule is CC1CC(N(C(=O)c2sc3ccccc3c2Cl)c2ccccc2)c2ccccc2N1C(=O)c1sc2ccccc2c1Cl. The van der Waals surface area contributed by atoms with Crippen LogP contribution in [0.5, 0.6) is 0 Å². The van der Waals surface area contributed by atoms with Gasteiger partial charge in [0.05, 0.1) is 16.1 Å². The van der Waals surface area contributed by atoms with Gasteiger partial charge in [0.2, 0.25) is 0 Å². The highest BCUT2D eigenvalue weighted by Crippen LogP contribution is 2.46. The molecular weight excluding hydrogens is 603 g/mol. The van der Waals surface area contributed by atoms with Gasteiger partial charge in [-0.15, -0.1) is 22.7 Å². The summed E-state index contributed by atoms with van der Waals surface area (Å²) >= 11 is 16.4. The molecule has 2 atom stereocenters. The lowest BCUT2D eigenvalue weighted by molar-refractivity contribution is 0.0970. The Balaban J connectivity index is 1.34. The van der Waals surface area contributed by atoms with Gasteiger partial charge in [0, 0.05) is 37.6 Å². The fraction of sp³-hybridized carbons (Fsp3) is 0.118. The predicted molar refractivity (Wildman–Crippen MR) is 177 cm³/mol. The number of hydrogen-bond acceptors (Lipinski definition) is 4. The van der Waals surface area contributed by atoms with Crippen molar-refractivity contribution in [3.63, 3.8) is 0 Å². The summed E-state index contributed by atoms with van der Waals surface area (Å²) in [6, 6.07) is 32.6. The van der Waals surface area contributed by atoms with Crippen molar-refractivity contribution in [2.24, 2.45) is 0 Å². The van der Waals surface area contributed by atoms with E-state index in [1.54, 1.807) is 0 Å². The molecule has 0 saturated carbocycles. The van der Waals surface area contributed by atoms with E-state index in [9.17, 15) is 9.59 Å². The largest absolute Gasteiger partial charge is 0.304 e. The summed E-state index contributed by atoms with van der Waals surface area (Å²) < 4.78 is 1.94. The van der Waals surface area contributed by atoms with Gasteiger partial charge in [0.15, 0.2) is 0 Å². The summed E-state index contributed by atoms with van der Waals surface area (Å²) in [4.78, 5) is 33.4. The first-order chi connectivity index (χ1) is 20.4. The van der Waals surface area contributed by atoms with Gasteiger partial charge in [0.25, 0.3) is 11.8 Å². The molecule has 3 heterocycles. The molecule has 4 aromatic carbocycles. The van der Waals surface area contributed by atoms with Gasteiger partial charge in [-0.25, -0.2) is 0 Å². The Morgan fingerprint density at radius 3 is 1.95 bits per heavy atom. The van der Waals surface area contributed by atoms with Gasteiger partial charge in [-0.2, -0.15) is 0 Å². The van der Waals surface area contributed by atoms with Crippen LogP contribution in [0.2, 0.25) is 10.0 Å². The molecule has 0 bridgehead atoms. The van der Waals surface area contributed by atoms with Crippen LogP contribution in [-0.2, 0) is 0 Å². The second kappa shape index (κ2) is 10.9. The Morgan fingerprint density at radius 2 is 1.29 bits per heavy atom. The molecule has 7 rings (SSSR count). The molecule has 6 aromatic rings. The van der Waals surface area contributed by atoms with Gasteiger partial charge in [0.1, 0.15) is 9.75 Å². The monoisotopic (exact) mass is 626 g/mol. The second-order valence-corrected chi connectivity index (χ2v) is 13.2. The zero-order valence-electron chi connectivity index (χ0n) is 22.5. The molecule has 42 heavy (non-hydrogen) atoms. The van der Waals surface area contributed by atoms with Gasteiger partial charge < -0.3 is 4.90 Å². The minimum atomic E-state index is -0.325. The first-order valence-corrected chi connectivity index (χ1v) is 16.0. The van der Waals surface area contributed by atoms with Crippen molar-refractivity contribution in [1.29, 1.82) is 0 Å². The molecule has 2 amide bonds. The van der Waals surface area contributed by atoms with Crippen LogP contribution in [0.1, 0.15) is 44.3 Å². The van der Waals surface area contributed by atoms with E-state index in [0.717, 1.165) is 37.1 Å². The lowest BCUT2D eigenvalue weighted by Gasteiger charge is -2.43. The number of para-hydroxylation sites is 2. The molecule has 0 spiro atoms. The van der Waals surface area contributed by atoms with Crippen molar-refractivity contribution in [3.05, 3.63) is 128 Å². The molecule has 1 aliphatic rings. The molecular formula is C34H24Cl2N2O2S2. The van der Waals surface area contributed by atoms with Crippen molar-refractivity contribution in [1.82, 2.24) is 0 Å². The Hall–Kier alpha value is -3.68. The number of rotatable bonds is 4. The predicted octanol–water partition coefficient (Wildman–Crippen LogP) is 10.2. The van der Waals surface area contributed by atoms with E-state index < -0.39 is 0 Å².